The van der Waals surface area contributed by atoms with Gasteiger partial charge in [0.25, 0.3) is 11.8 Å². The van der Waals surface area contributed by atoms with Crippen LogP contribution in [0, 0.1) is 11.7 Å². The van der Waals surface area contributed by atoms with E-state index in [9.17, 15) is 14.0 Å². The van der Waals surface area contributed by atoms with Crippen LogP contribution in [0.1, 0.15) is 52.8 Å². The van der Waals surface area contributed by atoms with Crippen molar-refractivity contribution in [3.63, 3.8) is 0 Å². The number of amides is 2. The van der Waals surface area contributed by atoms with Crippen molar-refractivity contribution in [2.24, 2.45) is 5.92 Å². The molecule has 1 fully saturated rings. The van der Waals surface area contributed by atoms with Crippen molar-refractivity contribution in [2.45, 2.75) is 32.1 Å². The van der Waals surface area contributed by atoms with Crippen molar-refractivity contribution in [3.8, 4) is 22.5 Å². The van der Waals surface area contributed by atoms with E-state index in [4.69, 9.17) is 4.42 Å². The summed E-state index contributed by atoms with van der Waals surface area (Å²) >= 11 is 0. The Balaban J connectivity index is 1.46. The van der Waals surface area contributed by atoms with E-state index in [0.717, 1.165) is 11.1 Å². The van der Waals surface area contributed by atoms with E-state index in [1.54, 1.807) is 19.2 Å². The molecule has 0 saturated heterocycles. The molecule has 1 heterocycles. The summed E-state index contributed by atoms with van der Waals surface area (Å²) in [5.74, 6) is 0.226. The lowest BCUT2D eigenvalue weighted by Crippen LogP contribution is -2.30. The molecule has 3 aromatic carbocycles. The molecule has 2 N–H and O–H groups in total. The van der Waals surface area contributed by atoms with Crippen LogP contribution in [0.4, 0.5) is 4.39 Å². The average molecular weight is 485 g/mol. The predicted molar refractivity (Wildman–Crippen MR) is 139 cm³/mol. The minimum absolute atomic E-state index is 0.0727. The van der Waals surface area contributed by atoms with E-state index in [-0.39, 0.29) is 17.6 Å². The summed E-state index contributed by atoms with van der Waals surface area (Å²) in [5.41, 5.74) is 3.90. The molecule has 1 saturated carbocycles. The maximum Gasteiger partial charge on any atom is 0.255 e. The van der Waals surface area contributed by atoms with Gasteiger partial charge < -0.3 is 15.1 Å². The molecule has 4 aromatic rings. The Labute approximate surface area is 209 Å². The summed E-state index contributed by atoms with van der Waals surface area (Å²) in [6, 6.07) is 19.0. The zero-order chi connectivity index (χ0) is 25.1. The number of hydrogen-bond donors (Lipinski definition) is 2. The van der Waals surface area contributed by atoms with Crippen LogP contribution in [0.3, 0.4) is 0 Å². The van der Waals surface area contributed by atoms with Gasteiger partial charge in [-0.2, -0.15) is 0 Å². The van der Waals surface area contributed by atoms with Gasteiger partial charge in [0.15, 0.2) is 0 Å². The molecular weight excluding hydrogens is 455 g/mol. The van der Waals surface area contributed by atoms with Crippen LogP contribution in [0.15, 0.2) is 71.1 Å². The molecule has 0 atom stereocenters. The van der Waals surface area contributed by atoms with Gasteiger partial charge in [-0.05, 0) is 78.4 Å². The lowest BCUT2D eigenvalue weighted by molar-refractivity contribution is 0.0941. The molecule has 0 radical (unpaired) electrons. The number of carbonyl (C=O) groups is 2. The highest BCUT2D eigenvalue weighted by atomic mass is 19.1. The van der Waals surface area contributed by atoms with E-state index in [1.807, 2.05) is 42.5 Å². The van der Waals surface area contributed by atoms with Crippen molar-refractivity contribution in [2.75, 3.05) is 13.6 Å². The van der Waals surface area contributed by atoms with Gasteiger partial charge in [-0.15, -0.1) is 0 Å². The number of halogens is 1. The lowest BCUT2D eigenvalue weighted by Gasteiger charge is -2.21. The first kappa shape index (κ1) is 23.8. The molecule has 0 spiro atoms. The van der Waals surface area contributed by atoms with Gasteiger partial charge in [0.05, 0.1) is 5.56 Å². The fraction of sp³-hybridized carbons (Fsp3) is 0.267. The highest BCUT2D eigenvalue weighted by Crippen LogP contribution is 2.36. The first-order valence-corrected chi connectivity index (χ1v) is 12.5. The van der Waals surface area contributed by atoms with Crippen LogP contribution in [0.25, 0.3) is 33.4 Å². The fourth-order valence-corrected chi connectivity index (χ4v) is 5.00. The number of benzene rings is 3. The number of furan rings is 1. The average Bonchev–Trinajstić information content (AvgIpc) is 3.31. The van der Waals surface area contributed by atoms with Crippen molar-refractivity contribution >= 4 is 22.8 Å². The van der Waals surface area contributed by atoms with Gasteiger partial charge in [0, 0.05) is 30.1 Å². The van der Waals surface area contributed by atoms with Gasteiger partial charge >= 0.3 is 0 Å². The normalized spacial score (nSPS) is 14.1. The predicted octanol–water partition coefficient (Wildman–Crippen LogP) is 6.58. The molecule has 1 aliphatic rings. The number of nitrogens with one attached hydrogen (secondary N) is 2. The van der Waals surface area contributed by atoms with Gasteiger partial charge in [-0.1, -0.05) is 37.5 Å². The minimum Gasteiger partial charge on any atom is -0.455 e. The second kappa shape index (κ2) is 10.4. The van der Waals surface area contributed by atoms with Crippen LogP contribution >= 0.6 is 0 Å². The van der Waals surface area contributed by atoms with Gasteiger partial charge in [0.2, 0.25) is 0 Å². The van der Waals surface area contributed by atoms with Crippen LogP contribution in [0.5, 0.6) is 0 Å². The third kappa shape index (κ3) is 4.89. The summed E-state index contributed by atoms with van der Waals surface area (Å²) in [7, 11) is 1.56. The topological polar surface area (TPSA) is 71.3 Å². The molecule has 5 nitrogen and oxygen atoms in total. The second-order valence-corrected chi connectivity index (χ2v) is 9.40. The molecule has 0 bridgehead atoms. The Morgan fingerprint density at radius 2 is 1.61 bits per heavy atom. The van der Waals surface area contributed by atoms with Gasteiger partial charge in [-0.3, -0.25) is 9.59 Å². The Morgan fingerprint density at radius 1 is 0.889 bits per heavy atom. The van der Waals surface area contributed by atoms with E-state index < -0.39 is 0 Å². The summed E-state index contributed by atoms with van der Waals surface area (Å²) in [6.07, 6.45) is 6.14. The smallest absolute Gasteiger partial charge is 0.255 e. The lowest BCUT2D eigenvalue weighted by atomic mass is 9.89. The fourth-order valence-electron chi connectivity index (χ4n) is 5.00. The van der Waals surface area contributed by atoms with E-state index in [1.165, 1.54) is 44.2 Å². The number of rotatable bonds is 6. The monoisotopic (exact) mass is 484 g/mol. The zero-order valence-corrected chi connectivity index (χ0v) is 20.3. The molecule has 0 unspecified atom stereocenters. The molecule has 6 heteroatoms. The van der Waals surface area contributed by atoms with Crippen LogP contribution in [0.2, 0.25) is 0 Å². The highest BCUT2D eigenvalue weighted by molar-refractivity contribution is 6.11. The molecule has 0 aliphatic heterocycles. The molecule has 1 aromatic heterocycles. The number of carbonyl (C=O) groups excluding carboxylic acids is 2. The van der Waals surface area contributed by atoms with Crippen molar-refractivity contribution < 1.29 is 18.4 Å². The number of fused-ring (bicyclic) bond motifs is 1. The maximum absolute atomic E-state index is 13.5. The summed E-state index contributed by atoms with van der Waals surface area (Å²) in [4.78, 5) is 25.7. The summed E-state index contributed by atoms with van der Waals surface area (Å²) in [5, 5.41) is 6.43. The van der Waals surface area contributed by atoms with Crippen molar-refractivity contribution in [3.05, 3.63) is 83.7 Å². The van der Waals surface area contributed by atoms with Crippen LogP contribution in [-0.2, 0) is 0 Å². The molecule has 2 amide bonds. The van der Waals surface area contributed by atoms with Crippen LogP contribution in [-0.4, -0.2) is 25.4 Å². The third-order valence-corrected chi connectivity index (χ3v) is 6.98. The molecule has 36 heavy (non-hydrogen) atoms. The van der Waals surface area contributed by atoms with Crippen molar-refractivity contribution in [1.82, 2.24) is 10.6 Å². The van der Waals surface area contributed by atoms with Crippen molar-refractivity contribution in [1.29, 1.82) is 0 Å². The third-order valence-electron chi connectivity index (χ3n) is 6.98. The van der Waals surface area contributed by atoms with Crippen LogP contribution < -0.4 is 10.6 Å². The Morgan fingerprint density at radius 3 is 2.36 bits per heavy atom. The largest absolute Gasteiger partial charge is 0.455 e. The molecule has 1 aliphatic carbocycles. The van der Waals surface area contributed by atoms with E-state index in [0.29, 0.717) is 45.9 Å². The molecule has 184 valence electrons. The van der Waals surface area contributed by atoms with E-state index >= 15 is 0 Å². The van der Waals surface area contributed by atoms with E-state index in [2.05, 4.69) is 10.6 Å². The summed E-state index contributed by atoms with van der Waals surface area (Å²) < 4.78 is 19.5. The number of hydrogen-bond acceptors (Lipinski definition) is 3. The SMILES string of the molecule is CNC(=O)c1c(-c2ccc(F)cc2)oc2ccc(-c3cccc(C(=O)NCC4CCCCC4)c3)cc12. The van der Waals surface area contributed by atoms with Gasteiger partial charge in [-0.25, -0.2) is 4.39 Å². The Kier molecular flexibility index (Phi) is 6.85. The zero-order valence-electron chi connectivity index (χ0n) is 20.3. The standard InChI is InChI=1S/C30H29FN2O3/c1-32-30(35)27-25-17-22(12-15-26(25)36-28(27)20-10-13-24(31)14-11-20)21-8-5-9-23(16-21)29(34)33-18-19-6-3-2-4-7-19/h5,8-17,19H,2-4,6-7,18H2,1H3,(H,32,35)(H,33,34). The highest BCUT2D eigenvalue weighted by Gasteiger charge is 2.22. The molecule has 5 rings (SSSR count). The Bertz CT molecular complexity index is 1400. The summed E-state index contributed by atoms with van der Waals surface area (Å²) in [6.45, 7) is 0.714. The maximum atomic E-state index is 13.5. The minimum atomic E-state index is -0.360. The van der Waals surface area contributed by atoms with Gasteiger partial charge in [0.1, 0.15) is 17.2 Å². The quantitative estimate of drug-likeness (QED) is 0.325. The Hall–Kier alpha value is -3.93. The first-order chi connectivity index (χ1) is 17.5. The second-order valence-electron chi connectivity index (χ2n) is 9.40. The molecular formula is C30H29FN2O3. The first-order valence-electron chi connectivity index (χ1n) is 12.5.